The summed E-state index contributed by atoms with van der Waals surface area (Å²) in [5.41, 5.74) is 14.3. The Morgan fingerprint density at radius 1 is 1.38 bits per heavy atom. The van der Waals surface area contributed by atoms with E-state index in [9.17, 15) is 4.79 Å². The number of thiocarbonyl (C=S) groups is 1. The highest BCUT2D eigenvalue weighted by atomic mass is 32.1. The number of primary amides is 1. The molecule has 0 saturated heterocycles. The summed E-state index contributed by atoms with van der Waals surface area (Å²) < 4.78 is 0. The zero-order chi connectivity index (χ0) is 15.6. The molecule has 21 heavy (non-hydrogen) atoms. The van der Waals surface area contributed by atoms with E-state index in [1.165, 1.54) is 12.0 Å². The Bertz CT molecular complexity index is 571. The number of aromatic nitrogens is 1. The molecule has 1 amide bonds. The number of nitrogens with two attached hydrogens (primary N) is 2. The minimum atomic E-state index is -0.392. The van der Waals surface area contributed by atoms with Gasteiger partial charge in [-0.05, 0) is 51.2 Å². The molecule has 1 heterocycles. The Labute approximate surface area is 130 Å². The third-order valence-electron chi connectivity index (χ3n) is 3.77. The number of nitrogens with zero attached hydrogens (tertiary/aromatic N) is 2. The number of carbonyl (C=O) groups is 1. The van der Waals surface area contributed by atoms with Gasteiger partial charge in [-0.25, -0.2) is 4.98 Å². The Kier molecular flexibility index (Phi) is 4.77. The zero-order valence-corrected chi connectivity index (χ0v) is 13.4. The predicted molar refractivity (Wildman–Crippen MR) is 88.4 cm³/mol. The second kappa shape index (κ2) is 6.39. The molecule has 6 heteroatoms. The Morgan fingerprint density at radius 3 is 2.62 bits per heavy atom. The number of amides is 1. The van der Waals surface area contributed by atoms with Crippen molar-refractivity contribution in [2.75, 3.05) is 11.4 Å². The molecule has 0 unspecified atom stereocenters. The lowest BCUT2D eigenvalue weighted by Gasteiger charge is -2.30. The molecule has 0 spiro atoms. The van der Waals surface area contributed by atoms with Crippen molar-refractivity contribution in [3.63, 3.8) is 0 Å². The number of hydrogen-bond donors (Lipinski definition) is 2. The van der Waals surface area contributed by atoms with Crippen LogP contribution in [0.3, 0.4) is 0 Å². The zero-order valence-electron chi connectivity index (χ0n) is 12.6. The van der Waals surface area contributed by atoms with Gasteiger partial charge in [0.05, 0.1) is 12.1 Å². The fourth-order valence-corrected chi connectivity index (χ4v) is 2.84. The van der Waals surface area contributed by atoms with E-state index in [1.54, 1.807) is 0 Å². The molecule has 1 aromatic heterocycles. The van der Waals surface area contributed by atoms with Crippen molar-refractivity contribution < 1.29 is 4.79 Å². The van der Waals surface area contributed by atoms with E-state index in [2.05, 4.69) is 0 Å². The Balaban J connectivity index is 2.53. The Hall–Kier alpha value is -1.69. The van der Waals surface area contributed by atoms with Gasteiger partial charge in [-0.1, -0.05) is 12.2 Å². The molecule has 0 aromatic carbocycles. The summed E-state index contributed by atoms with van der Waals surface area (Å²) in [6.45, 7) is 4.10. The van der Waals surface area contributed by atoms with Crippen molar-refractivity contribution >= 4 is 28.9 Å². The quantitative estimate of drug-likeness (QED) is 0.801. The van der Waals surface area contributed by atoms with E-state index in [0.29, 0.717) is 10.8 Å². The molecule has 114 valence electrons. The minimum Gasteiger partial charge on any atom is -0.389 e. The van der Waals surface area contributed by atoms with Gasteiger partial charge in [0.1, 0.15) is 10.8 Å². The van der Waals surface area contributed by atoms with E-state index in [4.69, 9.17) is 28.7 Å². The molecule has 2 rings (SSSR count). The second-order valence-corrected chi connectivity index (χ2v) is 6.16. The summed E-state index contributed by atoms with van der Waals surface area (Å²) in [7, 11) is 0. The van der Waals surface area contributed by atoms with Crippen LogP contribution < -0.4 is 16.4 Å². The molecule has 0 fully saturated rings. The monoisotopic (exact) mass is 306 g/mol. The maximum absolute atomic E-state index is 11.3. The van der Waals surface area contributed by atoms with Gasteiger partial charge >= 0.3 is 0 Å². The second-order valence-electron chi connectivity index (χ2n) is 5.72. The normalized spacial score (nSPS) is 13.9. The van der Waals surface area contributed by atoms with Crippen LogP contribution in [-0.2, 0) is 17.6 Å². The van der Waals surface area contributed by atoms with E-state index < -0.39 is 5.91 Å². The lowest BCUT2D eigenvalue weighted by atomic mass is 9.94. The van der Waals surface area contributed by atoms with E-state index in [0.717, 1.165) is 30.5 Å². The Morgan fingerprint density at radius 2 is 2.05 bits per heavy atom. The first-order chi connectivity index (χ1) is 9.90. The SMILES string of the molecule is CC(C)N(CC(N)=O)c1nc2c(cc1C(N)=S)CCCC2. The van der Waals surface area contributed by atoms with Crippen molar-refractivity contribution in [2.24, 2.45) is 11.5 Å². The van der Waals surface area contributed by atoms with Gasteiger partial charge in [-0.2, -0.15) is 0 Å². The first-order valence-corrected chi connectivity index (χ1v) is 7.68. The fourth-order valence-electron chi connectivity index (χ4n) is 2.69. The molecular weight excluding hydrogens is 284 g/mol. The number of anilines is 1. The van der Waals surface area contributed by atoms with Gasteiger partial charge in [-0.3, -0.25) is 4.79 Å². The summed E-state index contributed by atoms with van der Waals surface area (Å²) in [6, 6.07) is 2.12. The van der Waals surface area contributed by atoms with Crippen LogP contribution in [0.15, 0.2) is 6.07 Å². The molecule has 0 aliphatic heterocycles. The van der Waals surface area contributed by atoms with Gasteiger partial charge in [-0.15, -0.1) is 0 Å². The van der Waals surface area contributed by atoms with Crippen LogP contribution in [0.2, 0.25) is 0 Å². The molecule has 0 saturated carbocycles. The van der Waals surface area contributed by atoms with Gasteiger partial charge in [0, 0.05) is 11.7 Å². The summed E-state index contributed by atoms with van der Waals surface area (Å²) in [4.78, 5) is 18.3. The molecular formula is C15H22N4OS. The summed E-state index contributed by atoms with van der Waals surface area (Å²) in [6.07, 6.45) is 4.28. The van der Waals surface area contributed by atoms with E-state index in [1.807, 2.05) is 24.8 Å². The van der Waals surface area contributed by atoms with Crippen LogP contribution in [-0.4, -0.2) is 28.5 Å². The third-order valence-corrected chi connectivity index (χ3v) is 3.99. The topological polar surface area (TPSA) is 85.2 Å². The first-order valence-electron chi connectivity index (χ1n) is 7.27. The van der Waals surface area contributed by atoms with E-state index >= 15 is 0 Å². The number of rotatable bonds is 5. The molecule has 4 N–H and O–H groups in total. The molecule has 1 aliphatic rings. The molecule has 1 aliphatic carbocycles. The number of fused-ring (bicyclic) bond motifs is 1. The predicted octanol–water partition coefficient (Wildman–Crippen LogP) is 1.29. The first kappa shape index (κ1) is 15.7. The highest BCUT2D eigenvalue weighted by Crippen LogP contribution is 2.27. The number of carbonyl (C=O) groups excluding carboxylic acids is 1. The lowest BCUT2D eigenvalue weighted by Crippen LogP contribution is -2.40. The largest absolute Gasteiger partial charge is 0.389 e. The summed E-state index contributed by atoms with van der Waals surface area (Å²) in [5, 5.41) is 0. The van der Waals surface area contributed by atoms with Crippen molar-refractivity contribution in [1.82, 2.24) is 4.98 Å². The molecule has 0 atom stereocenters. The lowest BCUT2D eigenvalue weighted by molar-refractivity contribution is -0.116. The van der Waals surface area contributed by atoms with Crippen LogP contribution in [0.1, 0.15) is 43.5 Å². The van der Waals surface area contributed by atoms with Crippen LogP contribution in [0, 0.1) is 0 Å². The smallest absolute Gasteiger partial charge is 0.237 e. The van der Waals surface area contributed by atoms with Gasteiger partial charge in [0.25, 0.3) is 0 Å². The van der Waals surface area contributed by atoms with E-state index in [-0.39, 0.29) is 12.6 Å². The number of hydrogen-bond acceptors (Lipinski definition) is 4. The van der Waals surface area contributed by atoms with Gasteiger partial charge in [0.2, 0.25) is 5.91 Å². The van der Waals surface area contributed by atoms with Gasteiger partial charge in [0.15, 0.2) is 0 Å². The summed E-state index contributed by atoms with van der Waals surface area (Å²) >= 11 is 5.17. The molecule has 5 nitrogen and oxygen atoms in total. The summed E-state index contributed by atoms with van der Waals surface area (Å²) in [5.74, 6) is 0.286. The van der Waals surface area contributed by atoms with Crippen LogP contribution in [0.5, 0.6) is 0 Å². The van der Waals surface area contributed by atoms with Crippen LogP contribution in [0.4, 0.5) is 5.82 Å². The maximum Gasteiger partial charge on any atom is 0.237 e. The molecule has 1 aromatic rings. The van der Waals surface area contributed by atoms with Gasteiger partial charge < -0.3 is 16.4 Å². The van der Waals surface area contributed by atoms with Crippen LogP contribution >= 0.6 is 12.2 Å². The highest BCUT2D eigenvalue weighted by Gasteiger charge is 2.23. The van der Waals surface area contributed by atoms with Crippen molar-refractivity contribution in [2.45, 2.75) is 45.6 Å². The highest BCUT2D eigenvalue weighted by molar-refractivity contribution is 7.80. The molecule has 0 radical (unpaired) electrons. The van der Waals surface area contributed by atoms with Crippen molar-refractivity contribution in [3.05, 3.63) is 22.9 Å². The minimum absolute atomic E-state index is 0.0831. The van der Waals surface area contributed by atoms with Crippen molar-refractivity contribution in [3.8, 4) is 0 Å². The molecule has 0 bridgehead atoms. The third kappa shape index (κ3) is 3.50. The van der Waals surface area contributed by atoms with Crippen molar-refractivity contribution in [1.29, 1.82) is 0 Å². The fraction of sp³-hybridized carbons (Fsp3) is 0.533. The van der Waals surface area contributed by atoms with Crippen LogP contribution in [0.25, 0.3) is 0 Å². The number of aryl methyl sites for hydroxylation is 2. The number of pyridine rings is 1. The average Bonchev–Trinajstić information content (AvgIpc) is 2.42. The maximum atomic E-state index is 11.3. The average molecular weight is 306 g/mol. The standard InChI is InChI=1S/C15H22N4OS/c1-9(2)19(8-13(16)20)15-11(14(17)21)7-10-5-3-4-6-12(10)18-15/h7,9H,3-6,8H2,1-2H3,(H2,16,20)(H2,17,21).